The van der Waals surface area contributed by atoms with Crippen LogP contribution in [-0.2, 0) is 0 Å². The zero-order valence-electron chi connectivity index (χ0n) is 32.0. The summed E-state index contributed by atoms with van der Waals surface area (Å²) in [6, 6.07) is 22.3. The van der Waals surface area contributed by atoms with Crippen LogP contribution in [0.2, 0.25) is 0 Å². The molecule has 4 aromatic rings. The summed E-state index contributed by atoms with van der Waals surface area (Å²) >= 11 is 0. The molecule has 0 fully saturated rings. The van der Waals surface area contributed by atoms with Gasteiger partial charge in [0.1, 0.15) is 5.75 Å². The van der Waals surface area contributed by atoms with Crippen molar-refractivity contribution in [2.24, 2.45) is 9.98 Å². The van der Waals surface area contributed by atoms with Crippen LogP contribution < -0.4 is 29.4 Å². The van der Waals surface area contributed by atoms with Crippen molar-refractivity contribution in [3.63, 3.8) is 0 Å². The third-order valence-electron chi connectivity index (χ3n) is 10.7. The van der Waals surface area contributed by atoms with Crippen LogP contribution in [0.5, 0.6) is 28.7 Å². The van der Waals surface area contributed by atoms with Gasteiger partial charge < -0.3 is 39.2 Å². The fourth-order valence-corrected chi connectivity index (χ4v) is 7.59. The van der Waals surface area contributed by atoms with Gasteiger partial charge in [0.05, 0.1) is 68.1 Å². The number of hydrogen-bond donors (Lipinski definition) is 1. The zero-order valence-corrected chi connectivity index (χ0v) is 32.0. The molecule has 0 unspecified atom stereocenters. The van der Waals surface area contributed by atoms with E-state index in [0.717, 1.165) is 28.0 Å². The summed E-state index contributed by atoms with van der Waals surface area (Å²) in [4.78, 5) is 40.9. The number of nitrogen functional groups attached to an aromatic ring is 1. The number of aliphatic imine (C=N–C) groups is 2. The second-order valence-corrected chi connectivity index (χ2v) is 14.7. The van der Waals surface area contributed by atoms with E-state index in [2.05, 4.69) is 0 Å². The SMILES string of the molecule is COc1ccc(C2=CN3C(=O)c4cc(OC)c(OCCCOc5cc6c(cc5OC)C(=O)N5C=C(c7ccc(N)cc7)C[C@]5(C)C=N6)cc4N=C[C@@]3(C)C2)cc1. The van der Waals surface area contributed by atoms with Gasteiger partial charge in [0.2, 0.25) is 0 Å². The van der Waals surface area contributed by atoms with Gasteiger partial charge in [0.25, 0.3) is 11.8 Å². The van der Waals surface area contributed by atoms with Gasteiger partial charge in [-0.2, -0.15) is 0 Å². The van der Waals surface area contributed by atoms with Gasteiger partial charge >= 0.3 is 0 Å². The number of nitrogens with zero attached hydrogens (tertiary/aromatic N) is 4. The van der Waals surface area contributed by atoms with Crippen LogP contribution >= 0.6 is 0 Å². The number of carbonyl (C=O) groups excluding carboxylic acids is 2. The van der Waals surface area contributed by atoms with E-state index in [9.17, 15) is 9.59 Å². The maximum absolute atomic E-state index is 14.0. The highest BCUT2D eigenvalue weighted by molar-refractivity contribution is 6.07. The predicted octanol–water partition coefficient (Wildman–Crippen LogP) is 7.87. The summed E-state index contributed by atoms with van der Waals surface area (Å²) in [7, 11) is 4.72. The van der Waals surface area contributed by atoms with Gasteiger partial charge in [-0.3, -0.25) is 19.6 Å². The maximum atomic E-state index is 14.0. The van der Waals surface area contributed by atoms with Crippen LogP contribution in [0.3, 0.4) is 0 Å². The van der Waals surface area contributed by atoms with E-state index in [1.807, 2.05) is 87.2 Å². The fourth-order valence-electron chi connectivity index (χ4n) is 7.59. The Morgan fingerprint density at radius 1 is 0.625 bits per heavy atom. The van der Waals surface area contributed by atoms with E-state index in [0.29, 0.717) is 83.7 Å². The molecular formula is C44H43N5O7. The van der Waals surface area contributed by atoms with Gasteiger partial charge in [0, 0.05) is 61.9 Å². The smallest absolute Gasteiger partial charge is 0.260 e. The number of carbonyl (C=O) groups is 2. The third-order valence-corrected chi connectivity index (χ3v) is 10.7. The Morgan fingerprint density at radius 3 is 1.50 bits per heavy atom. The van der Waals surface area contributed by atoms with E-state index >= 15 is 0 Å². The van der Waals surface area contributed by atoms with Crippen molar-refractivity contribution in [3.05, 3.63) is 107 Å². The van der Waals surface area contributed by atoms with Gasteiger partial charge in [-0.25, -0.2) is 0 Å². The normalized spacial score (nSPS) is 20.6. The monoisotopic (exact) mass is 753 g/mol. The quantitative estimate of drug-likeness (QED) is 0.121. The van der Waals surface area contributed by atoms with E-state index in [1.54, 1.807) is 55.4 Å². The maximum Gasteiger partial charge on any atom is 0.260 e. The predicted molar refractivity (Wildman–Crippen MR) is 216 cm³/mol. The Morgan fingerprint density at radius 2 is 1.07 bits per heavy atom. The molecule has 0 radical (unpaired) electrons. The summed E-state index contributed by atoms with van der Waals surface area (Å²) in [5.41, 5.74) is 11.3. The highest BCUT2D eigenvalue weighted by Gasteiger charge is 2.43. The number of benzene rings is 4. The molecule has 0 aromatic heterocycles. The summed E-state index contributed by atoms with van der Waals surface area (Å²) < 4.78 is 28.9. The Hall–Kier alpha value is -6.56. The molecule has 0 saturated heterocycles. The molecule has 4 aromatic carbocycles. The molecule has 12 nitrogen and oxygen atoms in total. The zero-order chi connectivity index (χ0) is 39.2. The molecule has 12 heteroatoms. The number of methoxy groups -OCH3 is 3. The van der Waals surface area contributed by atoms with Crippen molar-refractivity contribution in [2.45, 2.75) is 44.2 Å². The lowest BCUT2D eigenvalue weighted by molar-refractivity contribution is 0.0755. The van der Waals surface area contributed by atoms with Gasteiger partial charge in [-0.15, -0.1) is 0 Å². The lowest BCUT2D eigenvalue weighted by Crippen LogP contribution is -2.43. The first kappa shape index (κ1) is 36.4. The van der Waals surface area contributed by atoms with E-state index in [1.165, 1.54) is 0 Å². The molecule has 4 heterocycles. The second-order valence-electron chi connectivity index (χ2n) is 14.7. The molecule has 0 aliphatic carbocycles. The minimum Gasteiger partial charge on any atom is -0.497 e. The molecule has 0 spiro atoms. The van der Waals surface area contributed by atoms with Gasteiger partial charge in [-0.05, 0) is 72.5 Å². The Balaban J connectivity index is 0.931. The van der Waals surface area contributed by atoms with Crippen molar-refractivity contribution < 1.29 is 33.3 Å². The number of nitrogens with two attached hydrogens (primary N) is 1. The molecular weight excluding hydrogens is 711 g/mol. The number of hydrogen-bond acceptors (Lipinski definition) is 10. The Labute approximate surface area is 325 Å². The minimum absolute atomic E-state index is 0.170. The number of amides is 2. The van der Waals surface area contributed by atoms with Crippen molar-refractivity contribution >= 4 is 52.5 Å². The second kappa shape index (κ2) is 14.3. The van der Waals surface area contributed by atoms with Crippen LogP contribution in [0.1, 0.15) is 65.0 Å². The molecule has 0 bridgehead atoms. The lowest BCUT2D eigenvalue weighted by atomic mass is 9.93. The number of fused-ring (bicyclic) bond motifs is 4. The first-order valence-corrected chi connectivity index (χ1v) is 18.4. The lowest BCUT2D eigenvalue weighted by Gasteiger charge is -2.29. The molecule has 8 rings (SSSR count). The molecule has 4 aliphatic heterocycles. The summed E-state index contributed by atoms with van der Waals surface area (Å²) in [5, 5.41) is 0. The van der Waals surface area contributed by atoms with E-state index < -0.39 is 11.1 Å². The molecule has 4 aliphatic rings. The average molecular weight is 754 g/mol. The van der Waals surface area contributed by atoms with Crippen molar-refractivity contribution in [2.75, 3.05) is 40.3 Å². The average Bonchev–Trinajstić information content (AvgIpc) is 3.70. The Kier molecular flexibility index (Phi) is 9.27. The Bertz CT molecular complexity index is 2350. The molecule has 286 valence electrons. The van der Waals surface area contributed by atoms with Crippen LogP contribution in [0.15, 0.2) is 95.2 Å². The molecule has 2 amide bonds. The van der Waals surface area contributed by atoms with Crippen molar-refractivity contribution in [1.29, 1.82) is 0 Å². The van der Waals surface area contributed by atoms with Crippen LogP contribution in [0.4, 0.5) is 17.1 Å². The number of anilines is 1. The highest BCUT2D eigenvalue weighted by Crippen LogP contribution is 2.45. The summed E-state index contributed by atoms with van der Waals surface area (Å²) in [5.74, 6) is 2.22. The van der Waals surface area contributed by atoms with Crippen LogP contribution in [0, 0.1) is 0 Å². The highest BCUT2D eigenvalue weighted by atomic mass is 16.5. The van der Waals surface area contributed by atoms with E-state index in [-0.39, 0.29) is 11.8 Å². The minimum atomic E-state index is -0.639. The standard InChI is InChI=1S/C44H43N5O7/c1-43-21-29(27-7-11-31(45)12-8-27)23-48(43)41(50)33-17-37(53-4)39(19-35(33)46-25-43)55-15-6-16-56-40-20-36-34(18-38(40)54-5)42(51)49-24-30(22-44(49,2)26-47-36)28-9-13-32(52-3)14-10-28/h7-14,17-20,23-26H,6,15-16,21-22,45H2,1-5H3/t43-,44-/m1/s1. The summed E-state index contributed by atoms with van der Waals surface area (Å²) in [6.07, 6.45) is 9.20. The fraction of sp³-hybridized carbons (Fsp3) is 0.273. The van der Waals surface area contributed by atoms with Crippen LogP contribution in [0.25, 0.3) is 11.1 Å². The third kappa shape index (κ3) is 6.50. The van der Waals surface area contributed by atoms with Gasteiger partial charge in [0.15, 0.2) is 23.0 Å². The van der Waals surface area contributed by atoms with Gasteiger partial charge in [-0.1, -0.05) is 24.3 Å². The molecule has 56 heavy (non-hydrogen) atoms. The summed E-state index contributed by atoms with van der Waals surface area (Å²) in [6.45, 7) is 4.60. The topological polar surface area (TPSA) is 138 Å². The van der Waals surface area contributed by atoms with Crippen molar-refractivity contribution in [1.82, 2.24) is 9.80 Å². The first-order valence-electron chi connectivity index (χ1n) is 18.4. The number of ether oxygens (including phenoxy) is 5. The van der Waals surface area contributed by atoms with Crippen molar-refractivity contribution in [3.8, 4) is 28.7 Å². The number of rotatable bonds is 11. The van der Waals surface area contributed by atoms with Crippen LogP contribution in [-0.4, -0.2) is 79.7 Å². The largest absolute Gasteiger partial charge is 0.497 e. The van der Waals surface area contributed by atoms with E-state index in [4.69, 9.17) is 39.4 Å². The molecule has 2 N–H and O–H groups in total. The molecule has 0 saturated carbocycles. The first-order chi connectivity index (χ1) is 27.0. The molecule has 2 atom stereocenters.